The quantitative estimate of drug-likeness (QED) is 0.488. The van der Waals surface area contributed by atoms with Crippen molar-refractivity contribution < 1.29 is 42.0 Å². The summed E-state index contributed by atoms with van der Waals surface area (Å²) in [5, 5.41) is -0.0125. The molecule has 0 spiro atoms. The third kappa shape index (κ3) is 5.72. The van der Waals surface area contributed by atoms with E-state index < -0.39 is 57.6 Å². The van der Waals surface area contributed by atoms with Crippen LogP contribution in [0.1, 0.15) is 34.6 Å². The number of hydrogen-bond donors (Lipinski definition) is 0. The largest absolute Gasteiger partial charge is 0.408 e. The first-order valence-corrected chi connectivity index (χ1v) is 14.1. The number of rotatable bonds is 8. The molecule has 0 unspecified atom stereocenters. The van der Waals surface area contributed by atoms with E-state index >= 15 is 0 Å². The Labute approximate surface area is 193 Å². The highest BCUT2D eigenvalue weighted by Crippen LogP contribution is 2.41. The van der Waals surface area contributed by atoms with E-state index in [9.17, 15) is 4.39 Å². The van der Waals surface area contributed by atoms with E-state index in [1.165, 1.54) is 14.2 Å². The Bertz CT molecular complexity index is 573. The molecule has 0 aromatic rings. The second-order valence-corrected chi connectivity index (χ2v) is 14.9. The molecule has 2 heterocycles. The summed E-state index contributed by atoms with van der Waals surface area (Å²) in [5.41, 5.74) is 0. The highest BCUT2D eigenvalue weighted by Gasteiger charge is 2.54. The maximum absolute atomic E-state index is 14.6. The van der Waals surface area contributed by atoms with Crippen LogP contribution < -0.4 is 0 Å². The summed E-state index contributed by atoms with van der Waals surface area (Å²) in [6, 6.07) is 0. The molecule has 0 aromatic heterocycles. The number of alkyl halides is 1. The summed E-state index contributed by atoms with van der Waals surface area (Å²) in [4.78, 5) is 0. The molecule has 2 saturated heterocycles. The van der Waals surface area contributed by atoms with Crippen molar-refractivity contribution in [3.05, 3.63) is 0 Å². The first-order valence-electron chi connectivity index (χ1n) is 11.2. The summed E-state index contributed by atoms with van der Waals surface area (Å²) in [5.74, 6) is 0. The molecule has 2 fully saturated rings. The van der Waals surface area contributed by atoms with Gasteiger partial charge in [-0.1, -0.05) is 20.8 Å². The molecule has 10 atom stereocenters. The van der Waals surface area contributed by atoms with Crippen molar-refractivity contribution in [2.75, 3.05) is 28.4 Å². The predicted molar refractivity (Wildman–Crippen MR) is 120 cm³/mol. The molecule has 0 aliphatic carbocycles. The fourth-order valence-corrected chi connectivity index (χ4v) is 5.45. The highest BCUT2D eigenvalue weighted by molar-refractivity contribution is 6.74. The van der Waals surface area contributed by atoms with Crippen LogP contribution in [0.25, 0.3) is 0 Å². The summed E-state index contributed by atoms with van der Waals surface area (Å²) in [6.45, 7) is 14.5. The van der Waals surface area contributed by atoms with Gasteiger partial charge in [0, 0.05) is 28.4 Å². The lowest BCUT2D eigenvalue weighted by atomic mass is 9.97. The van der Waals surface area contributed by atoms with Crippen LogP contribution in [0, 0.1) is 0 Å². The highest BCUT2D eigenvalue weighted by atomic mass is 28.4. The minimum absolute atomic E-state index is 0.0125. The molecule has 2 rings (SSSR count). The normalized spacial score (nSPS) is 41.6. The number of ether oxygens (including phenoxy) is 7. The SMILES string of the molecule is CO[C@@H]1[C@@H](O[C@@H]2O[C@@H](C)[C@H](OC)[C@@H](O[Si](C)(C)C(C)(C)C)[C@H]2OC)[C@@H](OC)[C@H](F)O[C@H]1C. The zero-order valence-corrected chi connectivity index (χ0v) is 22.4. The van der Waals surface area contributed by atoms with Crippen molar-refractivity contribution >= 4 is 8.32 Å². The van der Waals surface area contributed by atoms with E-state index in [0.29, 0.717) is 0 Å². The Morgan fingerprint density at radius 3 is 1.62 bits per heavy atom. The minimum atomic E-state index is -2.18. The third-order valence-corrected chi connectivity index (χ3v) is 11.5. The Hall–Kier alpha value is -0.173. The van der Waals surface area contributed by atoms with E-state index in [-0.39, 0.29) is 17.2 Å². The van der Waals surface area contributed by atoms with Crippen molar-refractivity contribution in [2.24, 2.45) is 0 Å². The fourth-order valence-electron chi connectivity index (χ4n) is 4.15. The Kier molecular flexibility index (Phi) is 9.69. The molecule has 8 nitrogen and oxygen atoms in total. The number of methoxy groups -OCH3 is 4. The minimum Gasteiger partial charge on any atom is -0.408 e. The van der Waals surface area contributed by atoms with E-state index in [4.69, 9.17) is 37.6 Å². The van der Waals surface area contributed by atoms with Crippen molar-refractivity contribution in [2.45, 2.75) is 114 Å². The second-order valence-electron chi connectivity index (χ2n) is 10.1. The lowest BCUT2D eigenvalue weighted by Crippen LogP contribution is -2.65. The second kappa shape index (κ2) is 11.0. The van der Waals surface area contributed by atoms with E-state index in [2.05, 4.69) is 33.9 Å². The molecule has 32 heavy (non-hydrogen) atoms. The van der Waals surface area contributed by atoms with Crippen molar-refractivity contribution in [1.29, 1.82) is 0 Å². The maximum Gasteiger partial charge on any atom is 0.228 e. The van der Waals surface area contributed by atoms with Crippen LogP contribution in [0.3, 0.4) is 0 Å². The van der Waals surface area contributed by atoms with Gasteiger partial charge in [-0.15, -0.1) is 0 Å². The Morgan fingerprint density at radius 2 is 1.16 bits per heavy atom. The Balaban J connectivity index is 2.36. The van der Waals surface area contributed by atoms with Crippen LogP contribution in [0.2, 0.25) is 18.1 Å². The fraction of sp³-hybridized carbons (Fsp3) is 1.00. The van der Waals surface area contributed by atoms with Crippen LogP contribution in [0.4, 0.5) is 4.39 Å². The molecule has 2 aliphatic heterocycles. The lowest BCUT2D eigenvalue weighted by Gasteiger charge is -2.50. The average Bonchev–Trinajstić information content (AvgIpc) is 2.67. The first-order chi connectivity index (χ1) is 14.8. The van der Waals surface area contributed by atoms with E-state index in [1.807, 2.05) is 6.92 Å². The van der Waals surface area contributed by atoms with Crippen LogP contribution in [-0.4, -0.2) is 98.2 Å². The molecule has 190 valence electrons. The van der Waals surface area contributed by atoms with Crippen LogP contribution in [0.15, 0.2) is 0 Å². The van der Waals surface area contributed by atoms with Crippen molar-refractivity contribution in [1.82, 2.24) is 0 Å². The monoisotopic (exact) mass is 482 g/mol. The third-order valence-electron chi connectivity index (χ3n) is 7.06. The van der Waals surface area contributed by atoms with Gasteiger partial charge in [-0.3, -0.25) is 0 Å². The van der Waals surface area contributed by atoms with Gasteiger partial charge in [-0.2, -0.15) is 0 Å². The van der Waals surface area contributed by atoms with E-state index in [0.717, 1.165) is 0 Å². The van der Waals surface area contributed by atoms with Gasteiger partial charge in [0.2, 0.25) is 6.36 Å². The maximum atomic E-state index is 14.6. The number of halogens is 1. The van der Waals surface area contributed by atoms with Crippen LogP contribution >= 0.6 is 0 Å². The van der Waals surface area contributed by atoms with Gasteiger partial charge in [-0.05, 0) is 32.0 Å². The molecule has 0 bridgehead atoms. The van der Waals surface area contributed by atoms with Gasteiger partial charge in [-0.25, -0.2) is 4.39 Å². The average molecular weight is 483 g/mol. The predicted octanol–water partition coefficient (Wildman–Crippen LogP) is 3.28. The van der Waals surface area contributed by atoms with Crippen LogP contribution in [0.5, 0.6) is 0 Å². The Morgan fingerprint density at radius 1 is 0.688 bits per heavy atom. The molecule has 0 saturated carbocycles. The lowest BCUT2D eigenvalue weighted by molar-refractivity contribution is -0.348. The molecule has 0 amide bonds. The van der Waals surface area contributed by atoms with Gasteiger partial charge in [0.15, 0.2) is 14.6 Å². The molecule has 0 N–H and O–H groups in total. The van der Waals surface area contributed by atoms with Gasteiger partial charge < -0.3 is 37.6 Å². The van der Waals surface area contributed by atoms with Crippen molar-refractivity contribution in [3.8, 4) is 0 Å². The summed E-state index contributed by atoms with van der Waals surface area (Å²) in [7, 11) is 3.99. The molecule has 0 aromatic carbocycles. The van der Waals surface area contributed by atoms with Crippen molar-refractivity contribution in [3.63, 3.8) is 0 Å². The van der Waals surface area contributed by atoms with E-state index in [1.54, 1.807) is 21.1 Å². The standard InChI is InChI=1S/C22H43FO8Si/c1-12-14(24-6)16(18(26-8)20(23)28-12)30-21-19(27-9)17(15(25-7)13(2)29-21)31-32(10,11)22(3,4)5/h12-21H,1-11H3/t12-,13-,14-,15-,16+,17+,18+,19+,20+,21-/m0/s1. The van der Waals surface area contributed by atoms with Gasteiger partial charge in [0.25, 0.3) is 0 Å². The summed E-state index contributed by atoms with van der Waals surface area (Å²) >= 11 is 0. The molecular weight excluding hydrogens is 439 g/mol. The van der Waals surface area contributed by atoms with Gasteiger partial charge in [0.1, 0.15) is 36.6 Å². The zero-order valence-electron chi connectivity index (χ0n) is 21.4. The first kappa shape index (κ1) is 28.1. The molecule has 0 radical (unpaired) electrons. The van der Waals surface area contributed by atoms with Crippen LogP contribution in [-0.2, 0) is 37.6 Å². The zero-order chi connectivity index (χ0) is 24.4. The molecule has 10 heteroatoms. The van der Waals surface area contributed by atoms with Gasteiger partial charge >= 0.3 is 0 Å². The number of hydrogen-bond acceptors (Lipinski definition) is 8. The molecular formula is C22H43FO8Si. The summed E-state index contributed by atoms with van der Waals surface area (Å²) < 4.78 is 61.8. The molecule has 2 aliphatic rings. The topological polar surface area (TPSA) is 73.8 Å². The van der Waals surface area contributed by atoms with Gasteiger partial charge in [0.05, 0.1) is 12.2 Å². The smallest absolute Gasteiger partial charge is 0.228 e. The summed E-state index contributed by atoms with van der Waals surface area (Å²) in [6.07, 6.45) is -7.05.